The summed E-state index contributed by atoms with van der Waals surface area (Å²) in [5.74, 6) is 0.717. The third kappa shape index (κ3) is 3.44. The van der Waals surface area contributed by atoms with E-state index in [4.69, 9.17) is 0 Å². The molecular formula is C22H24N6O. The summed E-state index contributed by atoms with van der Waals surface area (Å²) >= 11 is 0. The second kappa shape index (κ2) is 7.58. The number of carbonyl (C=O) groups is 1. The third-order valence-corrected chi connectivity index (χ3v) is 5.76. The van der Waals surface area contributed by atoms with Crippen molar-refractivity contribution in [3.63, 3.8) is 0 Å². The van der Waals surface area contributed by atoms with Gasteiger partial charge in [-0.2, -0.15) is 5.10 Å². The molecule has 29 heavy (non-hydrogen) atoms. The molecule has 148 valence electrons. The van der Waals surface area contributed by atoms with Crippen molar-refractivity contribution in [1.82, 2.24) is 25.0 Å². The SMILES string of the molecule is O=C(NCc1ncnn1-c1ccccc1)N1CCCN2c3ccccc3CC2C1. The number of urea groups is 1. The van der Waals surface area contributed by atoms with Crippen molar-refractivity contribution in [3.8, 4) is 5.69 Å². The Hall–Kier alpha value is -3.35. The van der Waals surface area contributed by atoms with Crippen molar-refractivity contribution in [1.29, 1.82) is 0 Å². The van der Waals surface area contributed by atoms with E-state index in [1.165, 1.54) is 17.6 Å². The van der Waals surface area contributed by atoms with Crippen LogP contribution in [0.15, 0.2) is 60.9 Å². The molecule has 1 fully saturated rings. The molecule has 0 radical (unpaired) electrons. The fourth-order valence-electron chi connectivity index (χ4n) is 4.39. The number of aromatic nitrogens is 3. The van der Waals surface area contributed by atoms with Gasteiger partial charge in [-0.1, -0.05) is 36.4 Å². The summed E-state index contributed by atoms with van der Waals surface area (Å²) in [7, 11) is 0. The second-order valence-corrected chi connectivity index (χ2v) is 7.56. The minimum Gasteiger partial charge on any atom is -0.366 e. The lowest BCUT2D eigenvalue weighted by atomic mass is 10.1. The molecule has 0 saturated carbocycles. The van der Waals surface area contributed by atoms with Crippen LogP contribution in [0.2, 0.25) is 0 Å². The Morgan fingerprint density at radius 1 is 1.07 bits per heavy atom. The van der Waals surface area contributed by atoms with Gasteiger partial charge in [0, 0.05) is 25.3 Å². The summed E-state index contributed by atoms with van der Waals surface area (Å²) in [6, 6.07) is 18.7. The van der Waals surface area contributed by atoms with Crippen molar-refractivity contribution in [2.24, 2.45) is 0 Å². The zero-order valence-electron chi connectivity index (χ0n) is 16.2. The Labute approximate surface area is 170 Å². The number of rotatable bonds is 3. The highest BCUT2D eigenvalue weighted by molar-refractivity contribution is 5.74. The van der Waals surface area contributed by atoms with Gasteiger partial charge in [-0.05, 0) is 36.6 Å². The van der Waals surface area contributed by atoms with Crippen LogP contribution in [0.3, 0.4) is 0 Å². The average Bonchev–Trinajstić information content (AvgIpc) is 3.31. The van der Waals surface area contributed by atoms with E-state index in [-0.39, 0.29) is 6.03 Å². The summed E-state index contributed by atoms with van der Waals surface area (Å²) in [6.07, 6.45) is 3.49. The van der Waals surface area contributed by atoms with Gasteiger partial charge in [-0.25, -0.2) is 14.5 Å². The van der Waals surface area contributed by atoms with Crippen LogP contribution in [-0.2, 0) is 13.0 Å². The number of anilines is 1. The van der Waals surface area contributed by atoms with Gasteiger partial charge in [0.2, 0.25) is 0 Å². The molecule has 2 aromatic carbocycles. The zero-order valence-corrected chi connectivity index (χ0v) is 16.2. The Bertz CT molecular complexity index is 1000. The molecule has 0 spiro atoms. The van der Waals surface area contributed by atoms with E-state index in [0.29, 0.717) is 18.4 Å². The Morgan fingerprint density at radius 3 is 2.79 bits per heavy atom. The van der Waals surface area contributed by atoms with E-state index in [9.17, 15) is 4.79 Å². The van der Waals surface area contributed by atoms with Crippen LogP contribution < -0.4 is 10.2 Å². The lowest BCUT2D eigenvalue weighted by molar-refractivity contribution is 0.197. The number of nitrogens with one attached hydrogen (secondary N) is 1. The monoisotopic (exact) mass is 388 g/mol. The van der Waals surface area contributed by atoms with Crippen LogP contribution in [0.5, 0.6) is 0 Å². The van der Waals surface area contributed by atoms with Gasteiger partial charge < -0.3 is 15.1 Å². The summed E-state index contributed by atoms with van der Waals surface area (Å²) in [6.45, 7) is 2.85. The van der Waals surface area contributed by atoms with E-state index in [0.717, 1.165) is 38.2 Å². The molecule has 1 N–H and O–H groups in total. The lowest BCUT2D eigenvalue weighted by Crippen LogP contribution is -2.45. The summed E-state index contributed by atoms with van der Waals surface area (Å²) < 4.78 is 1.76. The molecule has 1 saturated heterocycles. The third-order valence-electron chi connectivity index (χ3n) is 5.76. The Balaban J connectivity index is 1.24. The van der Waals surface area contributed by atoms with E-state index in [2.05, 4.69) is 44.6 Å². The predicted molar refractivity (Wildman–Crippen MR) is 111 cm³/mol. The quantitative estimate of drug-likeness (QED) is 0.749. The maximum absolute atomic E-state index is 12.9. The number of benzene rings is 2. The first-order valence-corrected chi connectivity index (χ1v) is 10.1. The first kappa shape index (κ1) is 17.7. The molecule has 3 aromatic rings. The fraction of sp³-hybridized carbons (Fsp3) is 0.318. The molecule has 0 aliphatic carbocycles. The maximum Gasteiger partial charge on any atom is 0.317 e. The van der Waals surface area contributed by atoms with Crippen LogP contribution in [-0.4, -0.2) is 51.4 Å². The van der Waals surface area contributed by atoms with Gasteiger partial charge in [0.15, 0.2) is 5.82 Å². The van der Waals surface area contributed by atoms with Gasteiger partial charge in [0.05, 0.1) is 18.3 Å². The largest absolute Gasteiger partial charge is 0.366 e. The fourth-order valence-corrected chi connectivity index (χ4v) is 4.39. The van der Waals surface area contributed by atoms with Crippen molar-refractivity contribution in [2.75, 3.05) is 24.5 Å². The molecule has 1 unspecified atom stereocenters. The molecule has 5 rings (SSSR count). The van der Waals surface area contributed by atoms with Gasteiger partial charge >= 0.3 is 6.03 Å². The Kier molecular flexibility index (Phi) is 4.63. The van der Waals surface area contributed by atoms with Crippen molar-refractivity contribution < 1.29 is 4.79 Å². The van der Waals surface area contributed by atoms with Gasteiger partial charge in [-0.3, -0.25) is 0 Å². The number of hydrogen-bond donors (Lipinski definition) is 1. The average molecular weight is 388 g/mol. The molecule has 2 aliphatic heterocycles. The first-order valence-electron chi connectivity index (χ1n) is 10.1. The molecular weight excluding hydrogens is 364 g/mol. The number of amides is 2. The zero-order chi connectivity index (χ0) is 19.6. The van der Waals surface area contributed by atoms with E-state index in [1.54, 1.807) is 4.68 Å². The van der Waals surface area contributed by atoms with Crippen LogP contribution in [0, 0.1) is 0 Å². The number of nitrogens with zero attached hydrogens (tertiary/aromatic N) is 5. The number of para-hydroxylation sites is 2. The molecule has 3 heterocycles. The van der Waals surface area contributed by atoms with Gasteiger partial charge in [0.25, 0.3) is 0 Å². The summed E-state index contributed by atoms with van der Waals surface area (Å²) in [4.78, 5) is 21.6. The molecule has 1 aromatic heterocycles. The highest BCUT2D eigenvalue weighted by Crippen LogP contribution is 2.33. The van der Waals surface area contributed by atoms with Crippen LogP contribution in [0.4, 0.5) is 10.5 Å². The second-order valence-electron chi connectivity index (χ2n) is 7.56. The normalized spacial score (nSPS) is 18.1. The number of hydrogen-bond acceptors (Lipinski definition) is 4. The molecule has 2 amide bonds. The van der Waals surface area contributed by atoms with Crippen molar-refractivity contribution in [3.05, 3.63) is 72.3 Å². The molecule has 7 nitrogen and oxygen atoms in total. The standard InChI is InChI=1S/C22H24N6O/c29-22(23-14-21-24-16-25-28(21)18-8-2-1-3-9-18)26-11-6-12-27-19(15-26)13-17-7-4-5-10-20(17)27/h1-5,7-10,16,19H,6,11-15H2,(H,23,29). The maximum atomic E-state index is 12.9. The van der Waals surface area contributed by atoms with Gasteiger partial charge in [0.1, 0.15) is 6.33 Å². The van der Waals surface area contributed by atoms with Crippen molar-refractivity contribution >= 4 is 11.7 Å². The number of fused-ring (bicyclic) bond motifs is 3. The summed E-state index contributed by atoms with van der Waals surface area (Å²) in [5, 5.41) is 7.33. The smallest absolute Gasteiger partial charge is 0.317 e. The topological polar surface area (TPSA) is 66.3 Å². The summed E-state index contributed by atoms with van der Waals surface area (Å²) in [5.41, 5.74) is 3.65. The predicted octanol–water partition coefficient (Wildman–Crippen LogP) is 2.61. The Morgan fingerprint density at radius 2 is 1.90 bits per heavy atom. The van der Waals surface area contributed by atoms with Gasteiger partial charge in [-0.15, -0.1) is 0 Å². The van der Waals surface area contributed by atoms with E-state index >= 15 is 0 Å². The molecule has 1 atom stereocenters. The molecule has 0 bridgehead atoms. The first-order chi connectivity index (χ1) is 14.3. The molecule has 2 aliphatic rings. The van der Waals surface area contributed by atoms with E-state index in [1.807, 2.05) is 35.2 Å². The highest BCUT2D eigenvalue weighted by Gasteiger charge is 2.33. The minimum atomic E-state index is -0.0367. The van der Waals surface area contributed by atoms with Crippen LogP contribution in [0.1, 0.15) is 17.8 Å². The van der Waals surface area contributed by atoms with Crippen LogP contribution in [0.25, 0.3) is 5.69 Å². The van der Waals surface area contributed by atoms with Crippen LogP contribution >= 0.6 is 0 Å². The highest BCUT2D eigenvalue weighted by atomic mass is 16.2. The minimum absolute atomic E-state index is 0.0367. The lowest BCUT2D eigenvalue weighted by Gasteiger charge is -2.27. The molecule has 7 heteroatoms. The van der Waals surface area contributed by atoms with Crippen molar-refractivity contribution in [2.45, 2.75) is 25.4 Å². The number of carbonyl (C=O) groups excluding carboxylic acids is 1. The van der Waals surface area contributed by atoms with E-state index < -0.39 is 0 Å².